The molecular formula is C16H21N3O3S. The van der Waals surface area contributed by atoms with Crippen molar-refractivity contribution in [1.82, 2.24) is 15.2 Å². The highest BCUT2D eigenvalue weighted by Crippen LogP contribution is 2.17. The Labute approximate surface area is 139 Å². The van der Waals surface area contributed by atoms with Gasteiger partial charge in [0.2, 0.25) is 5.16 Å². The molecule has 1 N–H and O–H groups in total. The Bertz CT molecular complexity index is 632. The lowest BCUT2D eigenvalue weighted by Crippen LogP contribution is -2.23. The van der Waals surface area contributed by atoms with Gasteiger partial charge in [-0.05, 0) is 50.5 Å². The van der Waals surface area contributed by atoms with E-state index in [1.807, 2.05) is 31.2 Å². The first-order valence-electron chi connectivity index (χ1n) is 7.82. The Morgan fingerprint density at radius 3 is 3.13 bits per heavy atom. The molecule has 124 valence electrons. The number of nitrogens with one attached hydrogen (secondary N) is 1. The van der Waals surface area contributed by atoms with E-state index in [4.69, 9.17) is 13.9 Å². The second-order valence-electron chi connectivity index (χ2n) is 5.30. The Morgan fingerprint density at radius 2 is 2.35 bits per heavy atom. The lowest BCUT2D eigenvalue weighted by molar-refractivity contribution is -0.158. The summed E-state index contributed by atoms with van der Waals surface area (Å²) in [6.45, 7) is 3.37. The number of hydrogen-bond acceptors (Lipinski definition) is 6. The minimum absolute atomic E-state index is 0.0354. The van der Waals surface area contributed by atoms with Gasteiger partial charge in [-0.1, -0.05) is 11.8 Å². The van der Waals surface area contributed by atoms with Gasteiger partial charge in [-0.2, -0.15) is 0 Å². The number of thioether (sulfide) groups is 1. The molecule has 1 atom stereocenters. The highest BCUT2D eigenvalue weighted by molar-refractivity contribution is 7.99. The van der Waals surface area contributed by atoms with Crippen molar-refractivity contribution in [2.24, 2.45) is 0 Å². The fraction of sp³-hybridized carbons (Fsp3) is 0.500. The number of furan rings is 1. The van der Waals surface area contributed by atoms with Crippen molar-refractivity contribution in [3.8, 4) is 0 Å². The molecule has 0 aliphatic carbocycles. The molecule has 0 saturated carbocycles. The van der Waals surface area contributed by atoms with Crippen molar-refractivity contribution < 1.29 is 13.9 Å². The Morgan fingerprint density at radius 1 is 1.39 bits per heavy atom. The molecule has 0 radical (unpaired) electrons. The van der Waals surface area contributed by atoms with Gasteiger partial charge in [0.15, 0.2) is 6.29 Å². The zero-order chi connectivity index (χ0) is 15.9. The predicted molar refractivity (Wildman–Crippen MR) is 89.0 cm³/mol. The molecule has 1 saturated heterocycles. The molecule has 1 aliphatic rings. The molecule has 0 bridgehead atoms. The van der Waals surface area contributed by atoms with E-state index in [2.05, 4.69) is 15.2 Å². The minimum atomic E-state index is -0.0354. The van der Waals surface area contributed by atoms with Crippen LogP contribution in [0.25, 0.3) is 12.2 Å². The van der Waals surface area contributed by atoms with Crippen molar-refractivity contribution in [2.75, 3.05) is 19.0 Å². The number of rotatable bonds is 7. The van der Waals surface area contributed by atoms with Crippen molar-refractivity contribution in [3.05, 3.63) is 29.5 Å². The molecule has 3 heterocycles. The minimum Gasteiger partial charge on any atom is -0.462 e. The summed E-state index contributed by atoms with van der Waals surface area (Å²) in [4.78, 5) is 4.40. The monoisotopic (exact) mass is 335 g/mol. The first kappa shape index (κ1) is 16.3. The molecule has 7 heteroatoms. The maximum absolute atomic E-state index is 5.68. The molecule has 1 fully saturated rings. The normalized spacial score (nSPS) is 18.7. The average molecular weight is 335 g/mol. The number of nitrogens with zero attached hydrogens (tertiary/aromatic N) is 2. The molecule has 6 nitrogen and oxygen atoms in total. The second-order valence-corrected chi connectivity index (χ2v) is 6.36. The van der Waals surface area contributed by atoms with Gasteiger partial charge < -0.3 is 13.9 Å². The van der Waals surface area contributed by atoms with Crippen LogP contribution in [0.1, 0.15) is 36.6 Å². The number of hydrogen-bond donors (Lipinski definition) is 1. The quantitative estimate of drug-likeness (QED) is 0.616. The van der Waals surface area contributed by atoms with Crippen LogP contribution in [0.3, 0.4) is 0 Å². The van der Waals surface area contributed by atoms with E-state index >= 15 is 0 Å². The smallest absolute Gasteiger partial charge is 0.208 e. The molecule has 0 spiro atoms. The van der Waals surface area contributed by atoms with Gasteiger partial charge in [0.25, 0.3) is 0 Å². The van der Waals surface area contributed by atoms with Crippen molar-refractivity contribution >= 4 is 23.9 Å². The maximum atomic E-state index is 5.68. The number of ether oxygens (including phenoxy) is 2. The van der Waals surface area contributed by atoms with E-state index in [0.717, 1.165) is 36.7 Å². The Balaban J connectivity index is 1.39. The van der Waals surface area contributed by atoms with Crippen LogP contribution in [0.5, 0.6) is 0 Å². The highest BCUT2D eigenvalue weighted by atomic mass is 32.2. The summed E-state index contributed by atoms with van der Waals surface area (Å²) in [6, 6.07) is 3.85. The van der Waals surface area contributed by atoms with Crippen LogP contribution in [-0.4, -0.2) is 40.4 Å². The molecule has 3 rings (SSSR count). The zero-order valence-corrected chi connectivity index (χ0v) is 14.0. The van der Waals surface area contributed by atoms with Gasteiger partial charge in [0.05, 0.1) is 6.61 Å². The second kappa shape index (κ2) is 8.33. The van der Waals surface area contributed by atoms with Crippen LogP contribution in [-0.2, 0) is 9.47 Å². The summed E-state index contributed by atoms with van der Waals surface area (Å²) in [6.07, 6.45) is 7.00. The number of aryl methyl sites for hydroxylation is 1. The van der Waals surface area contributed by atoms with E-state index in [0.29, 0.717) is 17.6 Å². The van der Waals surface area contributed by atoms with Crippen molar-refractivity contribution in [2.45, 2.75) is 37.6 Å². The lowest BCUT2D eigenvalue weighted by Gasteiger charge is -2.22. The van der Waals surface area contributed by atoms with Crippen molar-refractivity contribution in [1.29, 1.82) is 0 Å². The van der Waals surface area contributed by atoms with Crippen LogP contribution in [0.2, 0.25) is 0 Å². The molecule has 1 aliphatic heterocycles. The topological polar surface area (TPSA) is 73.2 Å². The van der Waals surface area contributed by atoms with Gasteiger partial charge >= 0.3 is 0 Å². The first-order chi connectivity index (χ1) is 11.3. The standard InChI is InChI=1S/C16H21N3O3S/c1-12-5-6-13(22-12)7-8-14-17-16(19-18-14)23-11-10-21-15-4-2-3-9-20-15/h5-8,15H,2-4,9-11H2,1H3,(H,17,18,19)/b8-7+/t15-/m1/s1. The van der Waals surface area contributed by atoms with Crippen LogP contribution in [0, 0.1) is 6.92 Å². The SMILES string of the molecule is Cc1ccc(/C=C/c2nc(SCCO[C@@H]3CCCCO3)n[nH]2)o1. The fourth-order valence-electron chi connectivity index (χ4n) is 2.26. The number of H-pyrrole nitrogens is 1. The predicted octanol–water partition coefficient (Wildman–Crippen LogP) is 3.51. The molecule has 0 amide bonds. The number of aromatic nitrogens is 3. The molecule has 0 aromatic carbocycles. The zero-order valence-electron chi connectivity index (χ0n) is 13.2. The van der Waals surface area contributed by atoms with Crippen LogP contribution in [0.4, 0.5) is 0 Å². The summed E-state index contributed by atoms with van der Waals surface area (Å²) in [5, 5.41) is 7.79. The van der Waals surface area contributed by atoms with Crippen LogP contribution in [0.15, 0.2) is 21.7 Å². The van der Waals surface area contributed by atoms with E-state index in [1.165, 1.54) is 6.42 Å². The van der Waals surface area contributed by atoms with E-state index < -0.39 is 0 Å². The third-order valence-electron chi connectivity index (χ3n) is 3.40. The summed E-state index contributed by atoms with van der Waals surface area (Å²) in [5.74, 6) is 3.20. The summed E-state index contributed by atoms with van der Waals surface area (Å²) in [5.41, 5.74) is 0. The number of aromatic amines is 1. The highest BCUT2D eigenvalue weighted by Gasteiger charge is 2.13. The van der Waals surface area contributed by atoms with Gasteiger partial charge in [-0.3, -0.25) is 5.10 Å². The lowest BCUT2D eigenvalue weighted by atomic mass is 10.2. The van der Waals surface area contributed by atoms with E-state index in [9.17, 15) is 0 Å². The van der Waals surface area contributed by atoms with Gasteiger partial charge in [-0.25, -0.2) is 4.98 Å². The molecule has 2 aromatic heterocycles. The molecular weight excluding hydrogens is 314 g/mol. The molecule has 23 heavy (non-hydrogen) atoms. The average Bonchev–Trinajstić information content (AvgIpc) is 3.19. The Kier molecular flexibility index (Phi) is 5.90. The van der Waals surface area contributed by atoms with Crippen molar-refractivity contribution in [3.63, 3.8) is 0 Å². The first-order valence-corrected chi connectivity index (χ1v) is 8.81. The van der Waals surface area contributed by atoms with Gasteiger partial charge in [-0.15, -0.1) is 5.10 Å². The molecule has 0 unspecified atom stereocenters. The summed E-state index contributed by atoms with van der Waals surface area (Å²) < 4.78 is 16.7. The third-order valence-corrected chi connectivity index (χ3v) is 4.22. The van der Waals surface area contributed by atoms with Crippen LogP contribution >= 0.6 is 11.8 Å². The van der Waals surface area contributed by atoms with Crippen LogP contribution < -0.4 is 0 Å². The van der Waals surface area contributed by atoms with Gasteiger partial charge in [0, 0.05) is 12.4 Å². The maximum Gasteiger partial charge on any atom is 0.208 e. The summed E-state index contributed by atoms with van der Waals surface area (Å²) in [7, 11) is 0. The van der Waals surface area contributed by atoms with Gasteiger partial charge in [0.1, 0.15) is 17.3 Å². The van der Waals surface area contributed by atoms with E-state index in [-0.39, 0.29) is 6.29 Å². The molecule has 2 aromatic rings. The third kappa shape index (κ3) is 5.23. The fourth-order valence-corrected chi connectivity index (χ4v) is 2.89. The van der Waals surface area contributed by atoms with E-state index in [1.54, 1.807) is 11.8 Å². The summed E-state index contributed by atoms with van der Waals surface area (Å²) >= 11 is 1.56. The Hall–Kier alpha value is -1.57. The largest absolute Gasteiger partial charge is 0.462 e.